The number of para-hydroxylation sites is 1. The van der Waals surface area contributed by atoms with Gasteiger partial charge in [-0.2, -0.15) is 0 Å². The zero-order chi connectivity index (χ0) is 8.73. The number of hydrogen-bond acceptors (Lipinski definition) is 2. The van der Waals surface area contributed by atoms with E-state index in [0.29, 0.717) is 0 Å². The van der Waals surface area contributed by atoms with Gasteiger partial charge in [-0.3, -0.25) is 0 Å². The first-order valence-corrected chi connectivity index (χ1v) is 4.84. The van der Waals surface area contributed by atoms with E-state index < -0.39 is 0 Å². The first-order valence-electron chi connectivity index (χ1n) is 4.84. The van der Waals surface area contributed by atoms with Crippen molar-refractivity contribution in [3.05, 3.63) is 29.8 Å². The lowest BCUT2D eigenvalue weighted by Gasteiger charge is -2.19. The predicted octanol–water partition coefficient (Wildman–Crippen LogP) is 1.73. The van der Waals surface area contributed by atoms with Crippen LogP contribution in [0.15, 0.2) is 24.3 Å². The van der Waals surface area contributed by atoms with Crippen LogP contribution < -0.4 is 10.1 Å². The van der Waals surface area contributed by atoms with Crippen LogP contribution in [-0.2, 0) is 5.41 Å². The summed E-state index contributed by atoms with van der Waals surface area (Å²) in [5, 5.41) is 3.42. The van der Waals surface area contributed by atoms with E-state index in [1.807, 2.05) is 6.07 Å². The van der Waals surface area contributed by atoms with Crippen molar-refractivity contribution in [1.82, 2.24) is 5.32 Å². The molecule has 1 spiro atoms. The highest BCUT2D eigenvalue weighted by Gasteiger charge is 2.42. The molecular weight excluding hydrogens is 198 g/mol. The van der Waals surface area contributed by atoms with Crippen LogP contribution in [0.3, 0.4) is 0 Å². The van der Waals surface area contributed by atoms with E-state index in [-0.39, 0.29) is 17.8 Å². The average Bonchev–Trinajstić information content (AvgIpc) is 2.78. The molecule has 1 aromatic rings. The number of ether oxygens (including phenoxy) is 1. The molecule has 1 atom stereocenters. The van der Waals surface area contributed by atoms with Crippen molar-refractivity contribution in [2.45, 2.75) is 11.8 Å². The summed E-state index contributed by atoms with van der Waals surface area (Å²) in [6, 6.07) is 8.42. The Morgan fingerprint density at radius 3 is 2.93 bits per heavy atom. The van der Waals surface area contributed by atoms with Crippen LogP contribution in [0.25, 0.3) is 0 Å². The van der Waals surface area contributed by atoms with Crippen molar-refractivity contribution in [2.24, 2.45) is 0 Å². The third-order valence-corrected chi connectivity index (χ3v) is 3.21. The largest absolute Gasteiger partial charge is 0.492 e. The molecule has 76 valence electrons. The highest BCUT2D eigenvalue weighted by Crippen LogP contribution is 2.42. The van der Waals surface area contributed by atoms with Crippen molar-refractivity contribution in [3.63, 3.8) is 0 Å². The Morgan fingerprint density at radius 2 is 2.14 bits per heavy atom. The molecule has 3 rings (SSSR count). The summed E-state index contributed by atoms with van der Waals surface area (Å²) in [4.78, 5) is 0. The fourth-order valence-electron chi connectivity index (χ4n) is 2.42. The van der Waals surface area contributed by atoms with Crippen molar-refractivity contribution >= 4 is 12.4 Å². The molecule has 0 radical (unpaired) electrons. The minimum Gasteiger partial charge on any atom is -0.492 e. The second-order valence-corrected chi connectivity index (χ2v) is 3.99. The molecule has 1 N–H and O–H groups in total. The van der Waals surface area contributed by atoms with Gasteiger partial charge in [-0.05, 0) is 19.0 Å². The van der Waals surface area contributed by atoms with Gasteiger partial charge in [0.05, 0.1) is 6.61 Å². The maximum absolute atomic E-state index is 5.70. The molecule has 0 saturated carbocycles. The molecule has 1 fully saturated rings. The SMILES string of the molecule is Cl.c1ccc2c(c1)OC[C@@]21CCNC1. The average molecular weight is 212 g/mol. The van der Waals surface area contributed by atoms with Crippen LogP contribution in [-0.4, -0.2) is 19.7 Å². The third-order valence-electron chi connectivity index (χ3n) is 3.21. The highest BCUT2D eigenvalue weighted by molar-refractivity contribution is 5.85. The Labute approximate surface area is 90.1 Å². The maximum atomic E-state index is 5.70. The fraction of sp³-hybridized carbons (Fsp3) is 0.455. The molecule has 2 aliphatic heterocycles. The van der Waals surface area contributed by atoms with E-state index >= 15 is 0 Å². The Kier molecular flexibility index (Phi) is 2.41. The van der Waals surface area contributed by atoms with E-state index in [4.69, 9.17) is 4.74 Å². The molecular formula is C11H14ClNO. The Bertz CT molecular complexity index is 334. The van der Waals surface area contributed by atoms with Gasteiger partial charge >= 0.3 is 0 Å². The fourth-order valence-corrected chi connectivity index (χ4v) is 2.42. The first kappa shape index (κ1) is 9.81. The predicted molar refractivity (Wildman–Crippen MR) is 58.3 cm³/mol. The lowest BCUT2D eigenvalue weighted by atomic mass is 9.82. The van der Waals surface area contributed by atoms with Crippen LogP contribution in [0.5, 0.6) is 5.75 Å². The molecule has 2 aliphatic rings. The maximum Gasteiger partial charge on any atom is 0.123 e. The molecule has 0 bridgehead atoms. The molecule has 2 nitrogen and oxygen atoms in total. The molecule has 0 amide bonds. The van der Waals surface area contributed by atoms with Gasteiger partial charge in [-0.25, -0.2) is 0 Å². The van der Waals surface area contributed by atoms with Gasteiger partial charge in [-0.1, -0.05) is 18.2 Å². The molecule has 14 heavy (non-hydrogen) atoms. The van der Waals surface area contributed by atoms with Gasteiger partial charge < -0.3 is 10.1 Å². The second kappa shape index (κ2) is 3.44. The van der Waals surface area contributed by atoms with E-state index in [1.165, 1.54) is 12.0 Å². The number of hydrogen-bond donors (Lipinski definition) is 1. The first-order chi connectivity index (χ1) is 6.41. The monoisotopic (exact) mass is 211 g/mol. The summed E-state index contributed by atoms with van der Waals surface area (Å²) >= 11 is 0. The van der Waals surface area contributed by atoms with Crippen LogP contribution in [0.2, 0.25) is 0 Å². The lowest BCUT2D eigenvalue weighted by Crippen LogP contribution is -2.30. The quantitative estimate of drug-likeness (QED) is 0.706. The van der Waals surface area contributed by atoms with Crippen molar-refractivity contribution in [2.75, 3.05) is 19.7 Å². The zero-order valence-corrected chi connectivity index (χ0v) is 8.77. The van der Waals surface area contributed by atoms with Gasteiger partial charge in [0.2, 0.25) is 0 Å². The number of fused-ring (bicyclic) bond motifs is 2. The van der Waals surface area contributed by atoms with Crippen LogP contribution in [0, 0.1) is 0 Å². The van der Waals surface area contributed by atoms with E-state index in [2.05, 4.69) is 23.5 Å². The Balaban J connectivity index is 0.000000750. The summed E-state index contributed by atoms with van der Waals surface area (Å²) in [5.74, 6) is 1.09. The van der Waals surface area contributed by atoms with E-state index in [0.717, 1.165) is 25.4 Å². The molecule has 2 heterocycles. The summed E-state index contributed by atoms with van der Waals surface area (Å²) in [6.07, 6.45) is 1.21. The normalized spacial score (nSPS) is 28.3. The minimum atomic E-state index is 0. The number of rotatable bonds is 0. The van der Waals surface area contributed by atoms with Crippen molar-refractivity contribution in [3.8, 4) is 5.75 Å². The third kappa shape index (κ3) is 1.22. The van der Waals surface area contributed by atoms with E-state index in [9.17, 15) is 0 Å². The van der Waals surface area contributed by atoms with Gasteiger partial charge in [0.15, 0.2) is 0 Å². The topological polar surface area (TPSA) is 21.3 Å². The van der Waals surface area contributed by atoms with Crippen LogP contribution >= 0.6 is 12.4 Å². The van der Waals surface area contributed by atoms with Crippen molar-refractivity contribution in [1.29, 1.82) is 0 Å². The van der Waals surface area contributed by atoms with Gasteiger partial charge in [0.1, 0.15) is 5.75 Å². The molecule has 0 aliphatic carbocycles. The summed E-state index contributed by atoms with van der Waals surface area (Å²) in [6.45, 7) is 3.06. The number of benzene rings is 1. The summed E-state index contributed by atoms with van der Waals surface area (Å²) in [5.41, 5.74) is 1.69. The summed E-state index contributed by atoms with van der Waals surface area (Å²) in [7, 11) is 0. The van der Waals surface area contributed by atoms with Crippen LogP contribution in [0.4, 0.5) is 0 Å². The lowest BCUT2D eigenvalue weighted by molar-refractivity contribution is 0.277. The smallest absolute Gasteiger partial charge is 0.123 e. The van der Waals surface area contributed by atoms with Gasteiger partial charge in [0, 0.05) is 17.5 Å². The number of nitrogens with one attached hydrogen (secondary N) is 1. The van der Waals surface area contributed by atoms with E-state index in [1.54, 1.807) is 0 Å². The Morgan fingerprint density at radius 1 is 1.29 bits per heavy atom. The summed E-state index contributed by atoms with van der Waals surface area (Å²) < 4.78 is 5.70. The molecule has 0 aromatic heterocycles. The second-order valence-electron chi connectivity index (χ2n) is 3.99. The molecule has 1 aromatic carbocycles. The molecule has 0 unspecified atom stereocenters. The van der Waals surface area contributed by atoms with Gasteiger partial charge in [-0.15, -0.1) is 12.4 Å². The molecule has 1 saturated heterocycles. The molecule has 3 heteroatoms. The van der Waals surface area contributed by atoms with Crippen molar-refractivity contribution < 1.29 is 4.74 Å². The number of halogens is 1. The zero-order valence-electron chi connectivity index (χ0n) is 7.95. The minimum absolute atomic E-state index is 0. The van der Waals surface area contributed by atoms with Gasteiger partial charge in [0.25, 0.3) is 0 Å². The van der Waals surface area contributed by atoms with Crippen LogP contribution in [0.1, 0.15) is 12.0 Å². The Hall–Kier alpha value is -0.730. The highest BCUT2D eigenvalue weighted by atomic mass is 35.5. The standard InChI is InChI=1S/C11H13NO.ClH/c1-2-4-10-9(3-1)11(8-13-10)5-6-12-7-11;/h1-4,12H,5-8H2;1H/t11-;/m0./s1.